The summed E-state index contributed by atoms with van der Waals surface area (Å²) in [7, 11) is 0. The molecule has 3 nitrogen and oxygen atoms in total. The molecular weight excluding hydrogens is 256 g/mol. The van der Waals surface area contributed by atoms with E-state index in [2.05, 4.69) is 5.32 Å². The number of amides is 2. The quantitative estimate of drug-likeness (QED) is 0.620. The molecule has 1 aliphatic rings. The average Bonchev–Trinajstić information content (AvgIpc) is 2.43. The summed E-state index contributed by atoms with van der Waals surface area (Å²) in [6, 6.07) is 3.60. The molecule has 2 amide bonds. The van der Waals surface area contributed by atoms with Gasteiger partial charge in [0, 0.05) is 5.02 Å². The van der Waals surface area contributed by atoms with Gasteiger partial charge >= 0.3 is 0 Å². The van der Waals surface area contributed by atoms with Crippen molar-refractivity contribution in [2.75, 3.05) is 0 Å². The number of halogens is 3. The Morgan fingerprint density at radius 2 is 1.94 bits per heavy atom. The number of carbonyl (C=O) groups is 2. The van der Waals surface area contributed by atoms with Crippen molar-refractivity contribution < 1.29 is 14.0 Å². The fourth-order valence-corrected chi connectivity index (χ4v) is 2.19. The van der Waals surface area contributed by atoms with Gasteiger partial charge in [-0.2, -0.15) is 0 Å². The van der Waals surface area contributed by atoms with Crippen molar-refractivity contribution in [3.63, 3.8) is 0 Å². The zero-order valence-corrected chi connectivity index (χ0v) is 9.35. The molecule has 0 aliphatic carbocycles. The molecule has 1 aromatic rings. The summed E-state index contributed by atoms with van der Waals surface area (Å²) in [6.45, 7) is 0. The molecule has 2 unspecified atom stereocenters. The van der Waals surface area contributed by atoms with E-state index in [-0.39, 0.29) is 5.02 Å². The van der Waals surface area contributed by atoms with Crippen molar-refractivity contribution in [1.29, 1.82) is 0 Å². The summed E-state index contributed by atoms with van der Waals surface area (Å²) in [6.07, 6.45) is 0. The number of hydrogen-bond donors (Lipinski definition) is 1. The Kier molecular flexibility index (Phi) is 2.86. The predicted octanol–water partition coefficient (Wildman–Crippen LogP) is 1.83. The van der Waals surface area contributed by atoms with E-state index in [0.29, 0.717) is 5.56 Å². The highest BCUT2D eigenvalue weighted by molar-refractivity contribution is 6.38. The fourth-order valence-electron chi connectivity index (χ4n) is 1.61. The highest BCUT2D eigenvalue weighted by Gasteiger charge is 2.42. The maximum Gasteiger partial charge on any atom is 0.245 e. The van der Waals surface area contributed by atoms with Gasteiger partial charge in [0.1, 0.15) is 11.2 Å². The Morgan fingerprint density at radius 1 is 1.25 bits per heavy atom. The monoisotopic (exact) mass is 261 g/mol. The first kappa shape index (κ1) is 11.4. The van der Waals surface area contributed by atoms with Crippen LogP contribution in [0.15, 0.2) is 18.2 Å². The Hall–Kier alpha value is -1.13. The zero-order valence-electron chi connectivity index (χ0n) is 7.84. The van der Waals surface area contributed by atoms with E-state index in [1.807, 2.05) is 0 Å². The van der Waals surface area contributed by atoms with Gasteiger partial charge in [0.25, 0.3) is 0 Å². The molecule has 1 heterocycles. The van der Waals surface area contributed by atoms with Crippen molar-refractivity contribution >= 4 is 35.0 Å². The van der Waals surface area contributed by atoms with Crippen molar-refractivity contribution in [1.82, 2.24) is 5.32 Å². The molecule has 16 heavy (non-hydrogen) atoms. The molecule has 1 aromatic carbocycles. The van der Waals surface area contributed by atoms with E-state index in [4.69, 9.17) is 23.2 Å². The normalized spacial score (nSPS) is 24.7. The number of rotatable bonds is 1. The second-order valence-electron chi connectivity index (χ2n) is 3.40. The standard InChI is InChI=1S/C10H6Cl2FNO2/c11-6-3-4(13)1-2-5(6)7-8(12)10(16)14-9(7)15/h1-3,7-8H,(H,14,15,16). The van der Waals surface area contributed by atoms with Crippen LogP contribution in [-0.4, -0.2) is 17.2 Å². The highest BCUT2D eigenvalue weighted by atomic mass is 35.5. The minimum atomic E-state index is -1.00. The molecular formula is C10H6Cl2FNO2. The van der Waals surface area contributed by atoms with Gasteiger partial charge in [-0.1, -0.05) is 17.7 Å². The van der Waals surface area contributed by atoms with Crippen LogP contribution in [0.5, 0.6) is 0 Å². The third-order valence-corrected chi connectivity index (χ3v) is 3.15. The summed E-state index contributed by atoms with van der Waals surface area (Å²) < 4.78 is 12.8. The van der Waals surface area contributed by atoms with Crippen LogP contribution >= 0.6 is 23.2 Å². The smallest absolute Gasteiger partial charge is 0.245 e. The van der Waals surface area contributed by atoms with Gasteiger partial charge < -0.3 is 0 Å². The largest absolute Gasteiger partial charge is 0.295 e. The Labute approximate surface area is 101 Å². The van der Waals surface area contributed by atoms with E-state index >= 15 is 0 Å². The van der Waals surface area contributed by atoms with E-state index in [0.717, 1.165) is 6.07 Å². The van der Waals surface area contributed by atoms with Gasteiger partial charge in [0.15, 0.2) is 0 Å². The van der Waals surface area contributed by atoms with Crippen LogP contribution in [0.1, 0.15) is 11.5 Å². The Balaban J connectivity index is 2.44. The summed E-state index contributed by atoms with van der Waals surface area (Å²) in [5.41, 5.74) is 0.353. The lowest BCUT2D eigenvalue weighted by atomic mass is 9.97. The van der Waals surface area contributed by atoms with Crippen molar-refractivity contribution in [3.05, 3.63) is 34.6 Å². The van der Waals surface area contributed by atoms with Crippen LogP contribution in [0, 0.1) is 5.82 Å². The van der Waals surface area contributed by atoms with E-state index in [1.54, 1.807) is 0 Å². The van der Waals surface area contributed by atoms with Gasteiger partial charge in [0.2, 0.25) is 11.8 Å². The van der Waals surface area contributed by atoms with Crippen LogP contribution in [0.4, 0.5) is 4.39 Å². The highest BCUT2D eigenvalue weighted by Crippen LogP contribution is 2.33. The number of alkyl halides is 1. The third-order valence-electron chi connectivity index (χ3n) is 2.37. The topological polar surface area (TPSA) is 46.2 Å². The van der Waals surface area contributed by atoms with Crippen LogP contribution in [0.3, 0.4) is 0 Å². The SMILES string of the molecule is O=C1NC(=O)C(c2ccc(F)cc2Cl)C1Cl. The lowest BCUT2D eigenvalue weighted by molar-refractivity contribution is -0.125. The molecule has 0 bridgehead atoms. The van der Waals surface area contributed by atoms with E-state index < -0.39 is 28.9 Å². The van der Waals surface area contributed by atoms with Gasteiger partial charge in [-0.3, -0.25) is 14.9 Å². The minimum Gasteiger partial charge on any atom is -0.295 e. The zero-order chi connectivity index (χ0) is 11.9. The van der Waals surface area contributed by atoms with E-state index in [9.17, 15) is 14.0 Å². The molecule has 2 atom stereocenters. The molecule has 0 radical (unpaired) electrons. The first-order chi connectivity index (χ1) is 7.50. The molecule has 0 saturated carbocycles. The molecule has 6 heteroatoms. The maximum absolute atomic E-state index is 12.8. The lowest BCUT2D eigenvalue weighted by Gasteiger charge is -2.11. The van der Waals surface area contributed by atoms with Crippen LogP contribution in [0.25, 0.3) is 0 Å². The van der Waals surface area contributed by atoms with Crippen LogP contribution in [0.2, 0.25) is 5.02 Å². The molecule has 0 spiro atoms. The van der Waals surface area contributed by atoms with Crippen LogP contribution in [-0.2, 0) is 9.59 Å². The van der Waals surface area contributed by atoms with Gasteiger partial charge in [0.05, 0.1) is 5.92 Å². The molecule has 0 aromatic heterocycles. The maximum atomic E-state index is 12.8. The lowest BCUT2D eigenvalue weighted by Crippen LogP contribution is -2.22. The summed E-state index contributed by atoms with van der Waals surface area (Å²) in [5, 5.41) is 1.17. The van der Waals surface area contributed by atoms with Crippen LogP contribution < -0.4 is 5.32 Å². The minimum absolute atomic E-state index is 0.0838. The number of carbonyl (C=O) groups excluding carboxylic acids is 2. The number of imide groups is 1. The predicted molar refractivity (Wildman–Crippen MR) is 56.9 cm³/mol. The molecule has 1 saturated heterocycles. The number of nitrogens with one attached hydrogen (secondary N) is 1. The number of hydrogen-bond acceptors (Lipinski definition) is 2. The van der Waals surface area contributed by atoms with Crippen molar-refractivity contribution in [3.8, 4) is 0 Å². The van der Waals surface area contributed by atoms with Gasteiger partial charge in [-0.15, -0.1) is 11.6 Å². The molecule has 1 N–H and O–H groups in total. The molecule has 1 fully saturated rings. The van der Waals surface area contributed by atoms with Gasteiger partial charge in [-0.05, 0) is 17.7 Å². The first-order valence-corrected chi connectivity index (χ1v) is 5.26. The molecule has 2 rings (SSSR count). The number of benzene rings is 1. The van der Waals surface area contributed by atoms with E-state index in [1.165, 1.54) is 12.1 Å². The first-order valence-electron chi connectivity index (χ1n) is 4.44. The summed E-state index contributed by atoms with van der Waals surface area (Å²) in [5.74, 6) is -2.44. The second-order valence-corrected chi connectivity index (χ2v) is 4.28. The molecule has 1 aliphatic heterocycles. The second kappa shape index (κ2) is 4.03. The Morgan fingerprint density at radius 3 is 2.44 bits per heavy atom. The molecule has 84 valence electrons. The van der Waals surface area contributed by atoms with Gasteiger partial charge in [-0.25, -0.2) is 4.39 Å². The summed E-state index contributed by atoms with van der Waals surface area (Å²) >= 11 is 11.6. The average molecular weight is 262 g/mol. The van der Waals surface area contributed by atoms with Crippen molar-refractivity contribution in [2.45, 2.75) is 11.3 Å². The Bertz CT molecular complexity index is 478. The fraction of sp³-hybridized carbons (Fsp3) is 0.200. The summed E-state index contributed by atoms with van der Waals surface area (Å²) in [4.78, 5) is 22.6. The van der Waals surface area contributed by atoms with Crippen molar-refractivity contribution in [2.24, 2.45) is 0 Å². The third kappa shape index (κ3) is 1.79.